The number of hydrogen-bond donors (Lipinski definition) is 1. The molecule has 1 aromatic heterocycles. The average Bonchev–Trinajstić information content (AvgIpc) is 3.24. The third kappa shape index (κ3) is 2.03. The predicted octanol–water partition coefficient (Wildman–Crippen LogP) is 4.70. The van der Waals surface area contributed by atoms with Crippen LogP contribution in [0.1, 0.15) is 76.7 Å². The number of aromatic nitrogens is 1. The molecule has 27 heavy (non-hydrogen) atoms. The van der Waals surface area contributed by atoms with Crippen LogP contribution in [0.3, 0.4) is 0 Å². The van der Waals surface area contributed by atoms with Crippen molar-refractivity contribution in [2.75, 3.05) is 0 Å². The van der Waals surface area contributed by atoms with Gasteiger partial charge in [-0.15, -0.1) is 0 Å². The van der Waals surface area contributed by atoms with E-state index in [0.717, 1.165) is 37.0 Å². The molecule has 3 heteroatoms. The molecule has 1 aromatic rings. The van der Waals surface area contributed by atoms with Crippen LogP contribution in [0, 0.1) is 28.6 Å². The van der Waals surface area contributed by atoms with E-state index in [2.05, 4.69) is 37.2 Å². The lowest BCUT2D eigenvalue weighted by Gasteiger charge is -2.59. The zero-order chi connectivity index (χ0) is 18.4. The highest BCUT2D eigenvalue weighted by Gasteiger charge is 2.76. The molecule has 0 amide bonds. The SMILES string of the molecule is C[C@]12CC[C@H]3[C@@H](CC4O[C@]45C[C@@H](O)CC[C@]35C)[C@@H]1CCC2c1cccnc1. The van der Waals surface area contributed by atoms with Crippen LogP contribution < -0.4 is 0 Å². The molecule has 5 fully saturated rings. The van der Waals surface area contributed by atoms with Gasteiger partial charge in [0, 0.05) is 24.2 Å². The quantitative estimate of drug-likeness (QED) is 0.732. The Hall–Kier alpha value is -0.930. The van der Waals surface area contributed by atoms with E-state index in [9.17, 15) is 5.11 Å². The van der Waals surface area contributed by atoms with Crippen molar-refractivity contribution in [3.63, 3.8) is 0 Å². The molecule has 1 aliphatic heterocycles. The fourth-order valence-electron chi connectivity index (χ4n) is 8.79. The minimum atomic E-state index is -0.144. The fraction of sp³-hybridized carbons (Fsp3) is 0.792. The molecule has 9 atom stereocenters. The number of rotatable bonds is 1. The molecule has 0 aromatic carbocycles. The van der Waals surface area contributed by atoms with Crippen LogP contribution in [0.4, 0.5) is 0 Å². The maximum Gasteiger partial charge on any atom is 0.103 e. The van der Waals surface area contributed by atoms with Crippen molar-refractivity contribution in [2.24, 2.45) is 28.6 Å². The molecule has 1 saturated heterocycles. The Morgan fingerprint density at radius 1 is 1.11 bits per heavy atom. The number of ether oxygens (including phenoxy) is 1. The fourth-order valence-corrected chi connectivity index (χ4v) is 8.79. The van der Waals surface area contributed by atoms with E-state index in [-0.39, 0.29) is 17.1 Å². The minimum Gasteiger partial charge on any atom is -0.393 e. The number of epoxide rings is 1. The van der Waals surface area contributed by atoms with Crippen LogP contribution >= 0.6 is 0 Å². The van der Waals surface area contributed by atoms with Gasteiger partial charge in [-0.25, -0.2) is 0 Å². The number of fused-ring (bicyclic) bond motifs is 4. The van der Waals surface area contributed by atoms with Crippen LogP contribution in [-0.2, 0) is 4.74 Å². The smallest absolute Gasteiger partial charge is 0.103 e. The van der Waals surface area contributed by atoms with E-state index in [1.807, 2.05) is 6.20 Å². The van der Waals surface area contributed by atoms with Gasteiger partial charge in [0.05, 0.1) is 12.2 Å². The maximum atomic E-state index is 10.3. The Morgan fingerprint density at radius 3 is 2.81 bits per heavy atom. The molecule has 0 radical (unpaired) electrons. The van der Waals surface area contributed by atoms with E-state index < -0.39 is 0 Å². The maximum absolute atomic E-state index is 10.3. The van der Waals surface area contributed by atoms with Crippen molar-refractivity contribution < 1.29 is 9.84 Å². The highest BCUT2D eigenvalue weighted by atomic mass is 16.6. The first-order chi connectivity index (χ1) is 13.0. The van der Waals surface area contributed by atoms with E-state index in [0.29, 0.717) is 17.4 Å². The Labute approximate surface area is 162 Å². The molecule has 0 bridgehead atoms. The van der Waals surface area contributed by atoms with Crippen molar-refractivity contribution in [3.05, 3.63) is 30.1 Å². The van der Waals surface area contributed by atoms with Crippen LogP contribution in [0.5, 0.6) is 0 Å². The summed E-state index contributed by atoms with van der Waals surface area (Å²) in [5, 5.41) is 10.3. The number of nitrogens with zero attached hydrogens (tertiary/aromatic N) is 1. The van der Waals surface area contributed by atoms with Crippen molar-refractivity contribution in [1.82, 2.24) is 4.98 Å². The molecule has 2 heterocycles. The van der Waals surface area contributed by atoms with Gasteiger partial charge in [-0.05, 0) is 85.7 Å². The molecule has 6 rings (SSSR count). The molecule has 1 spiro atoms. The van der Waals surface area contributed by atoms with Crippen LogP contribution in [0.15, 0.2) is 24.5 Å². The molecule has 4 aliphatic carbocycles. The number of pyridine rings is 1. The molecule has 2 unspecified atom stereocenters. The summed E-state index contributed by atoms with van der Waals surface area (Å²) in [6, 6.07) is 4.41. The largest absolute Gasteiger partial charge is 0.393 e. The van der Waals surface area contributed by atoms with Crippen molar-refractivity contribution in [2.45, 2.75) is 88.9 Å². The topological polar surface area (TPSA) is 45.6 Å². The average molecular weight is 368 g/mol. The lowest BCUT2D eigenvalue weighted by Crippen LogP contribution is -2.58. The van der Waals surface area contributed by atoms with E-state index >= 15 is 0 Å². The van der Waals surface area contributed by atoms with Gasteiger partial charge in [0.2, 0.25) is 0 Å². The van der Waals surface area contributed by atoms with Gasteiger partial charge in [-0.3, -0.25) is 4.98 Å². The van der Waals surface area contributed by atoms with Gasteiger partial charge in [0.25, 0.3) is 0 Å². The van der Waals surface area contributed by atoms with Gasteiger partial charge in [0.15, 0.2) is 0 Å². The zero-order valence-electron chi connectivity index (χ0n) is 16.7. The Morgan fingerprint density at radius 2 is 2.00 bits per heavy atom. The molecule has 5 aliphatic rings. The van der Waals surface area contributed by atoms with Crippen LogP contribution in [-0.4, -0.2) is 27.9 Å². The first-order valence-corrected chi connectivity index (χ1v) is 11.2. The molecular weight excluding hydrogens is 334 g/mol. The van der Waals surface area contributed by atoms with Gasteiger partial charge in [0.1, 0.15) is 5.60 Å². The summed E-state index contributed by atoms with van der Waals surface area (Å²) < 4.78 is 6.46. The standard InChI is InChI=1S/C24H33NO2/c1-22-9-8-20-17(19(22)6-5-18(22)15-4-3-11-25-14-15)12-21-24(27-21)13-16(26)7-10-23(20,24)2/h3-4,11,14,16-21,26H,5-10,12-13H2,1-2H3/t16-,17-,18?,19-,20-,21?,22+,23+,24+/m0/s1. The monoisotopic (exact) mass is 367 g/mol. The summed E-state index contributed by atoms with van der Waals surface area (Å²) in [7, 11) is 0. The van der Waals surface area contributed by atoms with E-state index in [1.54, 1.807) is 0 Å². The van der Waals surface area contributed by atoms with Crippen LogP contribution in [0.2, 0.25) is 0 Å². The normalized spacial score (nSPS) is 55.8. The summed E-state index contributed by atoms with van der Waals surface area (Å²) in [6.45, 7) is 5.10. The highest BCUT2D eigenvalue weighted by molar-refractivity contribution is 5.27. The number of hydrogen-bond acceptors (Lipinski definition) is 3. The minimum absolute atomic E-state index is 0.0148. The second-order valence-electron chi connectivity index (χ2n) is 10.9. The van der Waals surface area contributed by atoms with Crippen LogP contribution in [0.25, 0.3) is 0 Å². The first-order valence-electron chi connectivity index (χ1n) is 11.2. The molecule has 3 nitrogen and oxygen atoms in total. The van der Waals surface area contributed by atoms with Gasteiger partial charge < -0.3 is 9.84 Å². The number of aliphatic hydroxyl groups excluding tert-OH is 1. The molecular formula is C24H33NO2. The Kier molecular flexibility index (Phi) is 3.37. The van der Waals surface area contributed by atoms with E-state index in [1.165, 1.54) is 37.7 Å². The van der Waals surface area contributed by atoms with Gasteiger partial charge in [-0.2, -0.15) is 0 Å². The van der Waals surface area contributed by atoms with Crippen molar-refractivity contribution in [3.8, 4) is 0 Å². The molecule has 1 N–H and O–H groups in total. The van der Waals surface area contributed by atoms with E-state index in [4.69, 9.17) is 4.74 Å². The first kappa shape index (κ1) is 17.0. The molecule has 4 saturated carbocycles. The summed E-state index contributed by atoms with van der Waals surface area (Å²) >= 11 is 0. The summed E-state index contributed by atoms with van der Waals surface area (Å²) in [4.78, 5) is 4.43. The lowest BCUT2D eigenvalue weighted by molar-refractivity contribution is -0.110. The highest BCUT2D eigenvalue weighted by Crippen LogP contribution is 2.74. The Balaban J connectivity index is 1.34. The summed E-state index contributed by atoms with van der Waals surface area (Å²) in [6.07, 6.45) is 13.9. The third-order valence-corrected chi connectivity index (χ3v) is 10.1. The Bertz CT molecular complexity index is 752. The predicted molar refractivity (Wildman–Crippen MR) is 104 cm³/mol. The van der Waals surface area contributed by atoms with Gasteiger partial charge in [-0.1, -0.05) is 19.9 Å². The summed E-state index contributed by atoms with van der Waals surface area (Å²) in [5.41, 5.74) is 2.18. The number of aliphatic hydroxyl groups is 1. The van der Waals surface area contributed by atoms with Crippen molar-refractivity contribution in [1.29, 1.82) is 0 Å². The zero-order valence-corrected chi connectivity index (χ0v) is 16.7. The lowest BCUT2D eigenvalue weighted by atomic mass is 9.44. The van der Waals surface area contributed by atoms with Crippen molar-refractivity contribution >= 4 is 0 Å². The summed E-state index contributed by atoms with van der Waals surface area (Å²) in [5.74, 6) is 3.10. The second-order valence-corrected chi connectivity index (χ2v) is 10.9. The molecule has 146 valence electrons. The third-order valence-electron chi connectivity index (χ3n) is 10.1. The second kappa shape index (κ2) is 5.36. The van der Waals surface area contributed by atoms with Gasteiger partial charge >= 0.3 is 0 Å².